The van der Waals surface area contributed by atoms with Crippen molar-refractivity contribution >= 4 is 5.96 Å². The minimum absolute atomic E-state index is 0.462. The lowest BCUT2D eigenvalue weighted by atomic mass is 10.2. The number of aliphatic imine (C=N–C) groups is 1. The lowest BCUT2D eigenvalue weighted by Crippen LogP contribution is -2.48. The first-order chi connectivity index (χ1) is 14.0. The second kappa shape index (κ2) is 9.00. The predicted octanol–water partition coefficient (Wildman–Crippen LogP) is 1.27. The maximum Gasteiger partial charge on any atom is 0.192 e. The Morgan fingerprint density at radius 3 is 2.76 bits per heavy atom. The van der Waals surface area contributed by atoms with E-state index in [-0.39, 0.29) is 0 Å². The second-order valence-electron chi connectivity index (χ2n) is 9.05. The Hall–Kier alpha value is -1.67. The van der Waals surface area contributed by atoms with Gasteiger partial charge in [0.1, 0.15) is 12.4 Å². The van der Waals surface area contributed by atoms with Crippen LogP contribution in [0.2, 0.25) is 0 Å². The zero-order valence-corrected chi connectivity index (χ0v) is 18.6. The molecule has 0 bridgehead atoms. The number of nitrogens with one attached hydrogen (secondary N) is 2. The van der Waals surface area contributed by atoms with Gasteiger partial charge < -0.3 is 15.2 Å². The Bertz CT molecular complexity index is 710. The Morgan fingerprint density at radius 1 is 1.24 bits per heavy atom. The van der Waals surface area contributed by atoms with Crippen LogP contribution in [0.15, 0.2) is 4.99 Å². The van der Waals surface area contributed by atoms with Gasteiger partial charge in [-0.3, -0.25) is 9.80 Å². The quantitative estimate of drug-likeness (QED) is 0.529. The van der Waals surface area contributed by atoms with Crippen LogP contribution in [-0.4, -0.2) is 80.9 Å². The smallest absolute Gasteiger partial charge is 0.192 e. The van der Waals surface area contributed by atoms with Crippen molar-refractivity contribution in [3.05, 3.63) is 11.6 Å². The van der Waals surface area contributed by atoms with Crippen LogP contribution < -0.4 is 10.6 Å². The number of hydrogen-bond donors (Lipinski definition) is 2. The van der Waals surface area contributed by atoms with Gasteiger partial charge in [0.25, 0.3) is 0 Å². The van der Waals surface area contributed by atoms with E-state index in [0.29, 0.717) is 24.7 Å². The molecule has 2 N–H and O–H groups in total. The molecule has 2 aliphatic heterocycles. The summed E-state index contributed by atoms with van der Waals surface area (Å²) in [5, 5.41) is 15.8. The number of aromatic nitrogens is 3. The van der Waals surface area contributed by atoms with Gasteiger partial charge in [-0.2, -0.15) is 0 Å². The molecular weight excluding hydrogens is 364 g/mol. The van der Waals surface area contributed by atoms with E-state index in [0.717, 1.165) is 43.3 Å². The molecule has 8 heteroatoms. The third kappa shape index (κ3) is 4.91. The SMILES string of the molecule is CCN1CCCC1CNC(=NCc1nnc(C)n1C)NC1CC(C)N(C2CC2)C1. The van der Waals surface area contributed by atoms with Crippen molar-refractivity contribution < 1.29 is 0 Å². The number of nitrogens with zero attached hydrogens (tertiary/aromatic N) is 6. The van der Waals surface area contributed by atoms with Gasteiger partial charge in [0, 0.05) is 44.3 Å². The van der Waals surface area contributed by atoms with Gasteiger partial charge in [0.05, 0.1) is 0 Å². The van der Waals surface area contributed by atoms with Gasteiger partial charge in [0.15, 0.2) is 11.8 Å². The van der Waals surface area contributed by atoms with Crippen LogP contribution >= 0.6 is 0 Å². The maximum atomic E-state index is 4.89. The number of hydrogen-bond acceptors (Lipinski definition) is 5. The first kappa shape index (κ1) is 20.6. The maximum absolute atomic E-state index is 4.89. The molecule has 162 valence electrons. The van der Waals surface area contributed by atoms with Gasteiger partial charge in [-0.05, 0) is 59.0 Å². The topological polar surface area (TPSA) is 73.6 Å². The van der Waals surface area contributed by atoms with Crippen molar-refractivity contribution in [3.8, 4) is 0 Å². The van der Waals surface area contributed by atoms with Gasteiger partial charge in [-0.15, -0.1) is 10.2 Å². The van der Waals surface area contributed by atoms with E-state index in [1.165, 1.54) is 38.6 Å². The fourth-order valence-electron chi connectivity index (χ4n) is 4.92. The lowest BCUT2D eigenvalue weighted by molar-refractivity contribution is 0.256. The molecule has 1 saturated carbocycles. The van der Waals surface area contributed by atoms with E-state index >= 15 is 0 Å². The molecule has 0 radical (unpaired) electrons. The molecule has 29 heavy (non-hydrogen) atoms. The fraction of sp³-hybridized carbons (Fsp3) is 0.857. The number of likely N-dealkylation sites (tertiary alicyclic amines) is 2. The van der Waals surface area contributed by atoms with Crippen molar-refractivity contribution in [1.82, 2.24) is 35.2 Å². The Balaban J connectivity index is 1.40. The minimum Gasteiger partial charge on any atom is -0.355 e. The Morgan fingerprint density at radius 2 is 2.07 bits per heavy atom. The van der Waals surface area contributed by atoms with Gasteiger partial charge >= 0.3 is 0 Å². The van der Waals surface area contributed by atoms with E-state index in [9.17, 15) is 0 Å². The molecule has 3 aliphatic rings. The summed E-state index contributed by atoms with van der Waals surface area (Å²) < 4.78 is 2.02. The minimum atomic E-state index is 0.462. The van der Waals surface area contributed by atoms with E-state index in [4.69, 9.17) is 4.99 Å². The monoisotopic (exact) mass is 402 g/mol. The van der Waals surface area contributed by atoms with E-state index in [1.807, 2.05) is 18.5 Å². The van der Waals surface area contributed by atoms with Gasteiger partial charge in [0.2, 0.25) is 0 Å². The molecule has 0 amide bonds. The van der Waals surface area contributed by atoms with Crippen LogP contribution in [0.1, 0.15) is 57.6 Å². The summed E-state index contributed by atoms with van der Waals surface area (Å²) in [6.07, 6.45) is 6.50. The molecule has 3 heterocycles. The molecule has 4 rings (SSSR count). The number of guanidine groups is 1. The molecule has 2 saturated heterocycles. The molecule has 0 spiro atoms. The summed E-state index contributed by atoms with van der Waals surface area (Å²) in [5.74, 6) is 2.74. The van der Waals surface area contributed by atoms with Crippen LogP contribution in [0, 0.1) is 6.92 Å². The largest absolute Gasteiger partial charge is 0.355 e. The highest BCUT2D eigenvalue weighted by atomic mass is 15.3. The highest BCUT2D eigenvalue weighted by molar-refractivity contribution is 5.80. The first-order valence-corrected chi connectivity index (χ1v) is 11.4. The standard InChI is InChI=1S/C21H38N8/c1-5-28-10-6-7-19(28)12-22-21(23-13-20-26-25-16(3)27(20)4)24-17-11-15(2)29(14-17)18-8-9-18/h15,17-19H,5-14H2,1-4H3,(H2,22,23,24). The second-order valence-corrected chi connectivity index (χ2v) is 9.05. The number of rotatable bonds is 7. The average Bonchev–Trinajstić information content (AvgIpc) is 3.21. The normalized spacial score (nSPS) is 29.0. The van der Waals surface area contributed by atoms with Crippen LogP contribution in [0.25, 0.3) is 0 Å². The van der Waals surface area contributed by atoms with Crippen LogP contribution in [0.5, 0.6) is 0 Å². The van der Waals surface area contributed by atoms with Crippen LogP contribution in [0.3, 0.4) is 0 Å². The Labute approximate surface area is 175 Å². The predicted molar refractivity (Wildman–Crippen MR) is 116 cm³/mol. The summed E-state index contributed by atoms with van der Waals surface area (Å²) in [5.41, 5.74) is 0. The molecule has 1 aromatic rings. The molecular formula is C21H38N8. The molecule has 1 aliphatic carbocycles. The van der Waals surface area contributed by atoms with Gasteiger partial charge in [-0.25, -0.2) is 4.99 Å². The zero-order chi connectivity index (χ0) is 20.4. The molecule has 3 atom stereocenters. The summed E-state index contributed by atoms with van der Waals surface area (Å²) in [6.45, 7) is 11.6. The van der Waals surface area contributed by atoms with E-state index < -0.39 is 0 Å². The number of aryl methyl sites for hydroxylation is 1. The molecule has 0 aromatic carbocycles. The third-order valence-electron chi connectivity index (χ3n) is 6.95. The average molecular weight is 403 g/mol. The third-order valence-corrected chi connectivity index (χ3v) is 6.95. The van der Waals surface area contributed by atoms with Crippen LogP contribution in [0.4, 0.5) is 0 Å². The zero-order valence-electron chi connectivity index (χ0n) is 18.6. The summed E-state index contributed by atoms with van der Waals surface area (Å²) in [4.78, 5) is 10.1. The Kier molecular flexibility index (Phi) is 6.39. The first-order valence-electron chi connectivity index (χ1n) is 11.4. The highest BCUT2D eigenvalue weighted by Gasteiger charge is 2.39. The lowest BCUT2D eigenvalue weighted by Gasteiger charge is -2.25. The summed E-state index contributed by atoms with van der Waals surface area (Å²) in [7, 11) is 2.00. The number of likely N-dealkylation sites (N-methyl/N-ethyl adjacent to an activating group) is 1. The van der Waals surface area contributed by atoms with Crippen LogP contribution in [-0.2, 0) is 13.6 Å². The fourth-order valence-corrected chi connectivity index (χ4v) is 4.92. The molecule has 1 aromatic heterocycles. The van der Waals surface area contributed by atoms with E-state index in [1.54, 1.807) is 0 Å². The van der Waals surface area contributed by atoms with E-state index in [2.05, 4.69) is 44.5 Å². The molecule has 3 fully saturated rings. The summed E-state index contributed by atoms with van der Waals surface area (Å²) in [6, 6.07) is 2.55. The van der Waals surface area contributed by atoms with Crippen molar-refractivity contribution in [1.29, 1.82) is 0 Å². The molecule has 8 nitrogen and oxygen atoms in total. The summed E-state index contributed by atoms with van der Waals surface area (Å²) >= 11 is 0. The van der Waals surface area contributed by atoms with Gasteiger partial charge in [-0.1, -0.05) is 6.92 Å². The van der Waals surface area contributed by atoms with Crippen molar-refractivity contribution in [2.75, 3.05) is 26.2 Å². The van der Waals surface area contributed by atoms with Crippen molar-refractivity contribution in [2.24, 2.45) is 12.0 Å². The highest BCUT2D eigenvalue weighted by Crippen LogP contribution is 2.33. The molecule has 3 unspecified atom stereocenters. The van der Waals surface area contributed by atoms with Crippen molar-refractivity contribution in [2.45, 2.75) is 83.6 Å². The van der Waals surface area contributed by atoms with Crippen molar-refractivity contribution in [3.63, 3.8) is 0 Å².